The summed E-state index contributed by atoms with van der Waals surface area (Å²) >= 11 is 0. The van der Waals surface area contributed by atoms with Gasteiger partial charge in [0.25, 0.3) is 0 Å². The summed E-state index contributed by atoms with van der Waals surface area (Å²) in [6.07, 6.45) is 0. The molecule has 0 fully saturated rings. The Kier molecular flexibility index (Phi) is 2.98. The second kappa shape index (κ2) is 3.71. The summed E-state index contributed by atoms with van der Waals surface area (Å²) in [7, 11) is 0. The van der Waals surface area contributed by atoms with Gasteiger partial charge in [-0.15, -0.1) is 0 Å². The molecule has 3 N–H and O–H groups in total. The molecular formula is C12H19NO. The Bertz CT molecular complexity index is 290. The fourth-order valence-electron chi connectivity index (χ4n) is 1.42. The van der Waals surface area contributed by atoms with Crippen molar-refractivity contribution in [3.63, 3.8) is 0 Å². The molecule has 2 heteroatoms. The molecule has 0 aromatic heterocycles. The highest BCUT2D eigenvalue weighted by Crippen LogP contribution is 2.33. The van der Waals surface area contributed by atoms with E-state index >= 15 is 0 Å². The van der Waals surface area contributed by atoms with E-state index in [0.29, 0.717) is 0 Å². The minimum Gasteiger partial charge on any atom is -0.388 e. The lowest BCUT2D eigenvalue weighted by molar-refractivity contribution is 0.000101. The molecule has 2 nitrogen and oxygen atoms in total. The Morgan fingerprint density at radius 2 is 1.64 bits per heavy atom. The Labute approximate surface area is 85.8 Å². The van der Waals surface area contributed by atoms with Crippen LogP contribution in [0.25, 0.3) is 0 Å². The average molecular weight is 193 g/mol. The Balaban J connectivity index is 3.08. The summed E-state index contributed by atoms with van der Waals surface area (Å²) < 4.78 is 0. The van der Waals surface area contributed by atoms with Crippen LogP contribution in [0.5, 0.6) is 0 Å². The third-order valence-corrected chi connectivity index (χ3v) is 3.24. The van der Waals surface area contributed by atoms with Gasteiger partial charge in [-0.2, -0.15) is 0 Å². The SMILES string of the molecule is CC(O)(CN)C(C)(C)c1ccccc1. The van der Waals surface area contributed by atoms with Gasteiger partial charge in [0.1, 0.15) is 0 Å². The molecule has 0 radical (unpaired) electrons. The summed E-state index contributed by atoms with van der Waals surface area (Å²) in [5, 5.41) is 10.2. The molecule has 1 rings (SSSR count). The van der Waals surface area contributed by atoms with E-state index in [4.69, 9.17) is 5.73 Å². The molecule has 1 atom stereocenters. The zero-order valence-corrected chi connectivity index (χ0v) is 9.12. The molecule has 0 aliphatic heterocycles. The summed E-state index contributed by atoms with van der Waals surface area (Å²) in [4.78, 5) is 0. The van der Waals surface area contributed by atoms with Crippen LogP contribution in [0.4, 0.5) is 0 Å². The first-order valence-electron chi connectivity index (χ1n) is 4.90. The largest absolute Gasteiger partial charge is 0.388 e. The third kappa shape index (κ3) is 1.81. The van der Waals surface area contributed by atoms with Gasteiger partial charge < -0.3 is 10.8 Å². The molecule has 0 spiro atoms. The van der Waals surface area contributed by atoms with Gasteiger partial charge in [-0.25, -0.2) is 0 Å². The van der Waals surface area contributed by atoms with Crippen LogP contribution < -0.4 is 5.73 Å². The van der Waals surface area contributed by atoms with Crippen molar-refractivity contribution in [1.82, 2.24) is 0 Å². The predicted octanol–water partition coefficient (Wildman–Crippen LogP) is 1.67. The molecule has 0 amide bonds. The Morgan fingerprint density at radius 1 is 1.14 bits per heavy atom. The zero-order valence-electron chi connectivity index (χ0n) is 9.12. The van der Waals surface area contributed by atoms with Crippen molar-refractivity contribution in [2.75, 3.05) is 6.54 Å². The molecule has 0 aliphatic rings. The predicted molar refractivity (Wildman–Crippen MR) is 59.1 cm³/mol. The van der Waals surface area contributed by atoms with Crippen LogP contribution >= 0.6 is 0 Å². The zero-order chi connectivity index (χ0) is 10.8. The van der Waals surface area contributed by atoms with Gasteiger partial charge in [0, 0.05) is 12.0 Å². The van der Waals surface area contributed by atoms with Crippen molar-refractivity contribution in [2.24, 2.45) is 5.73 Å². The number of aliphatic hydroxyl groups is 1. The minimum absolute atomic E-state index is 0.259. The molecule has 0 saturated carbocycles. The topological polar surface area (TPSA) is 46.2 Å². The van der Waals surface area contributed by atoms with Crippen molar-refractivity contribution in [3.8, 4) is 0 Å². The standard InChI is InChI=1S/C12H19NO/c1-11(2,12(3,14)9-13)10-7-5-4-6-8-10/h4-8,14H,9,13H2,1-3H3. The van der Waals surface area contributed by atoms with E-state index in [1.54, 1.807) is 6.92 Å². The van der Waals surface area contributed by atoms with Crippen LogP contribution in [-0.4, -0.2) is 17.3 Å². The Morgan fingerprint density at radius 3 is 2.07 bits per heavy atom. The fraction of sp³-hybridized carbons (Fsp3) is 0.500. The van der Waals surface area contributed by atoms with Crippen molar-refractivity contribution in [3.05, 3.63) is 35.9 Å². The van der Waals surface area contributed by atoms with Crippen LogP contribution in [0.1, 0.15) is 26.3 Å². The third-order valence-electron chi connectivity index (χ3n) is 3.24. The van der Waals surface area contributed by atoms with E-state index < -0.39 is 5.60 Å². The monoisotopic (exact) mass is 193 g/mol. The van der Waals surface area contributed by atoms with Gasteiger partial charge in [0.15, 0.2) is 0 Å². The average Bonchev–Trinajstić information content (AvgIpc) is 2.19. The van der Waals surface area contributed by atoms with Crippen LogP contribution in [0.15, 0.2) is 30.3 Å². The highest BCUT2D eigenvalue weighted by atomic mass is 16.3. The smallest absolute Gasteiger partial charge is 0.0832 e. The van der Waals surface area contributed by atoms with E-state index in [9.17, 15) is 5.11 Å². The quantitative estimate of drug-likeness (QED) is 0.767. The lowest BCUT2D eigenvalue weighted by Crippen LogP contribution is -2.50. The van der Waals surface area contributed by atoms with E-state index in [-0.39, 0.29) is 12.0 Å². The molecular weight excluding hydrogens is 174 g/mol. The second-order valence-corrected chi connectivity index (χ2v) is 4.47. The maximum absolute atomic E-state index is 10.2. The van der Waals surface area contributed by atoms with E-state index in [1.807, 2.05) is 44.2 Å². The number of nitrogens with two attached hydrogens (primary N) is 1. The van der Waals surface area contributed by atoms with Gasteiger partial charge in [-0.05, 0) is 12.5 Å². The van der Waals surface area contributed by atoms with Gasteiger partial charge in [-0.3, -0.25) is 0 Å². The lowest BCUT2D eigenvalue weighted by Gasteiger charge is -2.39. The normalized spacial score (nSPS) is 16.4. The van der Waals surface area contributed by atoms with Crippen molar-refractivity contribution >= 4 is 0 Å². The highest BCUT2D eigenvalue weighted by molar-refractivity contribution is 5.27. The molecule has 0 bridgehead atoms. The van der Waals surface area contributed by atoms with Crippen molar-refractivity contribution < 1.29 is 5.11 Å². The van der Waals surface area contributed by atoms with Gasteiger partial charge >= 0.3 is 0 Å². The van der Waals surface area contributed by atoms with Crippen molar-refractivity contribution in [2.45, 2.75) is 31.8 Å². The van der Waals surface area contributed by atoms with E-state index in [1.165, 1.54) is 0 Å². The molecule has 0 saturated heterocycles. The molecule has 1 aromatic carbocycles. The molecule has 0 heterocycles. The first-order valence-corrected chi connectivity index (χ1v) is 4.90. The molecule has 0 aliphatic carbocycles. The number of hydrogen-bond acceptors (Lipinski definition) is 2. The van der Waals surface area contributed by atoms with Crippen LogP contribution in [0.3, 0.4) is 0 Å². The van der Waals surface area contributed by atoms with Gasteiger partial charge in [0.05, 0.1) is 5.60 Å². The van der Waals surface area contributed by atoms with Crippen LogP contribution in [-0.2, 0) is 5.41 Å². The lowest BCUT2D eigenvalue weighted by atomic mass is 9.71. The summed E-state index contributed by atoms with van der Waals surface area (Å²) in [6, 6.07) is 9.96. The van der Waals surface area contributed by atoms with E-state index in [0.717, 1.165) is 5.56 Å². The second-order valence-electron chi connectivity index (χ2n) is 4.47. The minimum atomic E-state index is -0.881. The highest BCUT2D eigenvalue weighted by Gasteiger charge is 2.39. The maximum Gasteiger partial charge on any atom is 0.0832 e. The Hall–Kier alpha value is -0.860. The number of hydrogen-bond donors (Lipinski definition) is 2. The number of benzene rings is 1. The molecule has 1 unspecified atom stereocenters. The van der Waals surface area contributed by atoms with Crippen LogP contribution in [0.2, 0.25) is 0 Å². The molecule has 78 valence electrons. The number of rotatable bonds is 3. The van der Waals surface area contributed by atoms with Gasteiger partial charge in [0.2, 0.25) is 0 Å². The first-order chi connectivity index (χ1) is 6.42. The fourth-order valence-corrected chi connectivity index (χ4v) is 1.42. The van der Waals surface area contributed by atoms with E-state index in [2.05, 4.69) is 0 Å². The molecule has 1 aromatic rings. The first kappa shape index (κ1) is 11.2. The summed E-state index contributed by atoms with van der Waals surface area (Å²) in [5.41, 5.74) is 5.48. The van der Waals surface area contributed by atoms with Crippen molar-refractivity contribution in [1.29, 1.82) is 0 Å². The summed E-state index contributed by atoms with van der Waals surface area (Å²) in [5.74, 6) is 0. The maximum atomic E-state index is 10.2. The summed E-state index contributed by atoms with van der Waals surface area (Å²) in [6.45, 7) is 6.05. The molecule has 14 heavy (non-hydrogen) atoms. The van der Waals surface area contributed by atoms with Gasteiger partial charge in [-0.1, -0.05) is 44.2 Å². The van der Waals surface area contributed by atoms with Crippen LogP contribution in [0, 0.1) is 0 Å².